The van der Waals surface area contributed by atoms with Crippen LogP contribution in [0, 0.1) is 13.8 Å². The summed E-state index contributed by atoms with van der Waals surface area (Å²) >= 11 is 9.30. The van der Waals surface area contributed by atoms with Crippen LogP contribution in [0.15, 0.2) is 59.2 Å². The van der Waals surface area contributed by atoms with Crippen LogP contribution in [0.4, 0.5) is 5.69 Å². The smallest absolute Gasteiger partial charge is 0.234 e. The normalized spacial score (nSPS) is 11.0. The molecule has 2 heterocycles. The third-order valence-electron chi connectivity index (χ3n) is 4.46. The average molecular weight is 440 g/mol. The van der Waals surface area contributed by atoms with Gasteiger partial charge >= 0.3 is 0 Å². The van der Waals surface area contributed by atoms with Gasteiger partial charge in [0.2, 0.25) is 5.91 Å². The number of nitrogens with zero attached hydrogens (tertiary/aromatic N) is 2. The minimum Gasteiger partial charge on any atom is -0.324 e. The summed E-state index contributed by atoms with van der Waals surface area (Å²) in [6, 6.07) is 14.0. The highest BCUT2D eigenvalue weighted by atomic mass is 35.5. The van der Waals surface area contributed by atoms with Crippen LogP contribution >= 0.6 is 34.7 Å². The number of aryl methyl sites for hydroxylation is 2. The first-order valence-electron chi connectivity index (χ1n) is 9.00. The maximum atomic E-state index is 12.6. The number of hydrogen-bond acceptors (Lipinski definition) is 5. The molecule has 0 saturated heterocycles. The second-order valence-corrected chi connectivity index (χ2v) is 8.88. The van der Waals surface area contributed by atoms with Crippen LogP contribution in [0.25, 0.3) is 21.3 Å². The van der Waals surface area contributed by atoms with E-state index in [0.717, 1.165) is 37.5 Å². The van der Waals surface area contributed by atoms with Crippen LogP contribution < -0.4 is 5.32 Å². The van der Waals surface area contributed by atoms with Gasteiger partial charge in [0.25, 0.3) is 0 Å². The molecule has 29 heavy (non-hydrogen) atoms. The molecule has 4 aromatic rings. The number of hydrogen-bond donors (Lipinski definition) is 1. The van der Waals surface area contributed by atoms with Crippen molar-refractivity contribution in [2.24, 2.45) is 0 Å². The van der Waals surface area contributed by atoms with E-state index >= 15 is 0 Å². The Morgan fingerprint density at radius 3 is 2.72 bits per heavy atom. The van der Waals surface area contributed by atoms with Crippen LogP contribution in [-0.2, 0) is 4.79 Å². The van der Waals surface area contributed by atoms with Gasteiger partial charge in [-0.05, 0) is 36.6 Å². The minimum atomic E-state index is -0.118. The average Bonchev–Trinajstić information content (AvgIpc) is 3.14. The Kier molecular flexibility index (Phi) is 5.85. The number of anilines is 1. The predicted molar refractivity (Wildman–Crippen MR) is 123 cm³/mol. The molecule has 1 amide bonds. The maximum absolute atomic E-state index is 12.6. The summed E-state index contributed by atoms with van der Waals surface area (Å²) < 4.78 is 0. The lowest BCUT2D eigenvalue weighted by Gasteiger charge is -2.11. The van der Waals surface area contributed by atoms with Crippen molar-refractivity contribution in [2.75, 3.05) is 11.1 Å². The van der Waals surface area contributed by atoms with Gasteiger partial charge in [-0.2, -0.15) is 0 Å². The molecule has 2 aromatic heterocycles. The van der Waals surface area contributed by atoms with Gasteiger partial charge in [-0.25, -0.2) is 9.97 Å². The van der Waals surface area contributed by atoms with Gasteiger partial charge in [0.15, 0.2) is 0 Å². The molecule has 2 aromatic carbocycles. The molecule has 0 saturated carbocycles. The number of carbonyl (C=O) groups is 1. The lowest BCUT2D eigenvalue weighted by atomic mass is 10.1. The summed E-state index contributed by atoms with van der Waals surface area (Å²) in [4.78, 5) is 22.3. The number of aromatic nitrogens is 2. The van der Waals surface area contributed by atoms with Crippen molar-refractivity contribution in [2.45, 2.75) is 18.9 Å². The van der Waals surface area contributed by atoms with E-state index in [2.05, 4.69) is 32.8 Å². The number of thioether (sulfide) groups is 1. The van der Waals surface area contributed by atoms with Crippen LogP contribution in [0.1, 0.15) is 11.1 Å². The summed E-state index contributed by atoms with van der Waals surface area (Å²) in [5.74, 6) is 0.118. The van der Waals surface area contributed by atoms with Crippen molar-refractivity contribution in [3.63, 3.8) is 0 Å². The quantitative estimate of drug-likeness (QED) is 0.290. The molecule has 4 rings (SSSR count). The van der Waals surface area contributed by atoms with Gasteiger partial charge in [-0.3, -0.25) is 4.79 Å². The Morgan fingerprint density at radius 1 is 1.17 bits per heavy atom. The van der Waals surface area contributed by atoms with Crippen LogP contribution in [0.2, 0.25) is 5.02 Å². The Labute approximate surface area is 182 Å². The molecule has 7 heteroatoms. The first-order valence-corrected chi connectivity index (χ1v) is 11.2. The van der Waals surface area contributed by atoms with Crippen molar-refractivity contribution in [1.82, 2.24) is 9.97 Å². The number of rotatable bonds is 5. The van der Waals surface area contributed by atoms with Crippen molar-refractivity contribution in [3.8, 4) is 11.1 Å². The molecular formula is C22H18ClN3OS2. The topological polar surface area (TPSA) is 54.9 Å². The lowest BCUT2D eigenvalue weighted by Crippen LogP contribution is -2.15. The summed E-state index contributed by atoms with van der Waals surface area (Å²) in [5.41, 5.74) is 4.88. The largest absolute Gasteiger partial charge is 0.324 e. The molecule has 1 N–H and O–H groups in total. The molecular weight excluding hydrogens is 422 g/mol. The second-order valence-electron chi connectivity index (χ2n) is 6.65. The van der Waals surface area contributed by atoms with Gasteiger partial charge in [0.1, 0.15) is 16.2 Å². The standard InChI is InChI=1S/C22H18ClN3OS2/c1-13-8-14(2)20(17(23)9-13)26-18(27)11-29-22-19-16(15-6-4-3-5-7-15)10-28-21(19)24-12-25-22/h3-10,12H,11H2,1-2H3,(H,26,27). The Hall–Kier alpha value is -2.41. The van der Waals surface area contributed by atoms with Crippen LogP contribution in [0.5, 0.6) is 0 Å². The molecule has 0 unspecified atom stereocenters. The van der Waals surface area contributed by atoms with Crippen molar-refractivity contribution < 1.29 is 4.79 Å². The number of nitrogens with one attached hydrogen (secondary N) is 1. The zero-order chi connectivity index (χ0) is 20.4. The lowest BCUT2D eigenvalue weighted by molar-refractivity contribution is -0.113. The summed E-state index contributed by atoms with van der Waals surface area (Å²) in [6.07, 6.45) is 1.55. The number of halogens is 1. The molecule has 0 fully saturated rings. The van der Waals surface area contributed by atoms with E-state index in [1.165, 1.54) is 11.8 Å². The van der Waals surface area contributed by atoms with Gasteiger partial charge in [0, 0.05) is 10.9 Å². The SMILES string of the molecule is Cc1cc(C)c(NC(=O)CSc2ncnc3scc(-c4ccccc4)c23)c(Cl)c1. The predicted octanol–water partition coefficient (Wildman–Crippen LogP) is 6.36. The van der Waals surface area contributed by atoms with Crippen LogP contribution in [0.3, 0.4) is 0 Å². The molecule has 0 spiro atoms. The summed E-state index contributed by atoms with van der Waals surface area (Å²) in [5, 5.41) is 7.37. The van der Waals surface area contributed by atoms with Crippen LogP contribution in [-0.4, -0.2) is 21.6 Å². The van der Waals surface area contributed by atoms with E-state index < -0.39 is 0 Å². The van der Waals surface area contributed by atoms with Gasteiger partial charge < -0.3 is 5.32 Å². The highest BCUT2D eigenvalue weighted by molar-refractivity contribution is 8.00. The first-order chi connectivity index (χ1) is 14.0. The number of thiophene rings is 1. The molecule has 0 aliphatic carbocycles. The third kappa shape index (κ3) is 4.29. The monoisotopic (exact) mass is 439 g/mol. The fraction of sp³-hybridized carbons (Fsp3) is 0.136. The molecule has 0 radical (unpaired) electrons. The molecule has 0 aliphatic heterocycles. The minimum absolute atomic E-state index is 0.118. The van der Waals surface area contributed by atoms with Gasteiger partial charge in [-0.15, -0.1) is 11.3 Å². The molecule has 4 nitrogen and oxygen atoms in total. The molecule has 146 valence electrons. The Balaban J connectivity index is 1.56. The third-order valence-corrected chi connectivity index (χ3v) is 6.63. The summed E-state index contributed by atoms with van der Waals surface area (Å²) in [6.45, 7) is 3.92. The van der Waals surface area contributed by atoms with E-state index in [4.69, 9.17) is 11.6 Å². The molecule has 0 atom stereocenters. The van der Waals surface area contributed by atoms with E-state index in [1.807, 2.05) is 44.2 Å². The van der Waals surface area contributed by atoms with Crippen molar-refractivity contribution in [1.29, 1.82) is 0 Å². The highest BCUT2D eigenvalue weighted by Gasteiger charge is 2.15. The molecule has 0 aliphatic rings. The fourth-order valence-corrected chi connectivity index (χ4v) is 5.33. The molecule has 0 bridgehead atoms. The van der Waals surface area contributed by atoms with Gasteiger partial charge in [0.05, 0.1) is 21.8 Å². The Morgan fingerprint density at radius 2 is 1.97 bits per heavy atom. The van der Waals surface area contributed by atoms with E-state index in [9.17, 15) is 4.79 Å². The van der Waals surface area contributed by atoms with Crippen molar-refractivity contribution in [3.05, 3.63) is 70.3 Å². The number of fused-ring (bicyclic) bond motifs is 1. The van der Waals surface area contributed by atoms with E-state index in [0.29, 0.717) is 10.7 Å². The number of benzene rings is 2. The second kappa shape index (κ2) is 8.53. The van der Waals surface area contributed by atoms with Crippen molar-refractivity contribution >= 4 is 56.5 Å². The number of carbonyl (C=O) groups excluding carboxylic acids is 1. The zero-order valence-corrected chi connectivity index (χ0v) is 18.3. The highest BCUT2D eigenvalue weighted by Crippen LogP contribution is 2.37. The summed E-state index contributed by atoms with van der Waals surface area (Å²) in [7, 11) is 0. The number of amides is 1. The van der Waals surface area contributed by atoms with E-state index in [-0.39, 0.29) is 11.7 Å². The maximum Gasteiger partial charge on any atom is 0.234 e. The van der Waals surface area contributed by atoms with E-state index in [1.54, 1.807) is 17.7 Å². The van der Waals surface area contributed by atoms with Gasteiger partial charge in [-0.1, -0.05) is 59.8 Å². The zero-order valence-electron chi connectivity index (χ0n) is 15.9. The fourth-order valence-electron chi connectivity index (χ4n) is 3.17. The Bertz CT molecular complexity index is 1170. The first kappa shape index (κ1) is 19.9.